The van der Waals surface area contributed by atoms with E-state index in [1.165, 1.54) is 11.3 Å². The van der Waals surface area contributed by atoms with Gasteiger partial charge in [0.15, 0.2) is 0 Å². The monoisotopic (exact) mass is 381 g/mol. The lowest BCUT2D eigenvalue weighted by Crippen LogP contribution is -2.40. The van der Waals surface area contributed by atoms with Crippen LogP contribution < -0.4 is 4.90 Å². The Balaban J connectivity index is 1.33. The molecule has 1 fully saturated rings. The first kappa shape index (κ1) is 17.5. The molecule has 0 aliphatic carbocycles. The number of hydrogen-bond donors (Lipinski definition) is 0. The number of nitrogens with zero attached hydrogens (tertiary/aromatic N) is 5. The Morgan fingerprint density at radius 2 is 2.04 bits per heavy atom. The zero-order chi connectivity index (χ0) is 18.5. The molecule has 0 radical (unpaired) electrons. The lowest BCUT2D eigenvalue weighted by Gasteiger charge is -2.31. The molecular weight excluding hydrogens is 362 g/mol. The summed E-state index contributed by atoms with van der Waals surface area (Å²) in [5, 5.41) is 2.73. The van der Waals surface area contributed by atoms with E-state index in [4.69, 9.17) is 4.74 Å². The average molecular weight is 381 g/mol. The van der Waals surface area contributed by atoms with E-state index in [1.54, 1.807) is 24.7 Å². The van der Waals surface area contributed by atoms with E-state index in [0.717, 1.165) is 35.8 Å². The van der Waals surface area contributed by atoms with E-state index < -0.39 is 0 Å². The van der Waals surface area contributed by atoms with Gasteiger partial charge in [0.2, 0.25) is 5.95 Å². The molecule has 3 aromatic rings. The van der Waals surface area contributed by atoms with Crippen LogP contribution in [-0.2, 0) is 16.1 Å². The molecule has 0 amide bonds. The van der Waals surface area contributed by atoms with Crippen molar-refractivity contribution in [2.45, 2.75) is 19.4 Å². The number of ether oxygens (including phenoxy) is 1. The van der Waals surface area contributed by atoms with Crippen molar-refractivity contribution in [2.75, 3.05) is 18.0 Å². The quantitative estimate of drug-likeness (QED) is 0.629. The van der Waals surface area contributed by atoms with Crippen LogP contribution in [0.4, 0.5) is 5.95 Å². The third-order valence-corrected chi connectivity index (χ3v) is 5.30. The third-order valence-electron chi connectivity index (χ3n) is 4.39. The zero-order valence-corrected chi connectivity index (χ0v) is 15.5. The Morgan fingerprint density at radius 3 is 2.85 bits per heavy atom. The Hall–Kier alpha value is -2.87. The van der Waals surface area contributed by atoms with E-state index in [2.05, 4.69) is 19.9 Å². The fourth-order valence-electron chi connectivity index (χ4n) is 3.05. The number of thiazole rings is 1. The molecule has 0 aromatic carbocycles. The number of carbonyl (C=O) groups is 1. The molecule has 0 spiro atoms. The van der Waals surface area contributed by atoms with Gasteiger partial charge < -0.3 is 9.64 Å². The molecule has 0 unspecified atom stereocenters. The van der Waals surface area contributed by atoms with E-state index in [0.29, 0.717) is 12.5 Å². The van der Waals surface area contributed by atoms with Crippen molar-refractivity contribution in [1.82, 2.24) is 19.9 Å². The summed E-state index contributed by atoms with van der Waals surface area (Å²) in [6, 6.07) is 7.49. The zero-order valence-electron chi connectivity index (χ0n) is 14.7. The van der Waals surface area contributed by atoms with Crippen molar-refractivity contribution < 1.29 is 9.53 Å². The van der Waals surface area contributed by atoms with E-state index in [9.17, 15) is 4.79 Å². The molecule has 0 saturated carbocycles. The summed E-state index contributed by atoms with van der Waals surface area (Å²) in [6.45, 7) is 1.62. The highest BCUT2D eigenvalue weighted by atomic mass is 32.1. The van der Waals surface area contributed by atoms with Gasteiger partial charge in [0.25, 0.3) is 0 Å². The van der Waals surface area contributed by atoms with Crippen LogP contribution in [0.15, 0.2) is 48.2 Å². The molecule has 0 bridgehead atoms. The Kier molecular flexibility index (Phi) is 5.34. The summed E-state index contributed by atoms with van der Waals surface area (Å²) >= 11 is 1.50. The molecule has 27 heavy (non-hydrogen) atoms. The summed E-state index contributed by atoms with van der Waals surface area (Å²) in [5.41, 5.74) is 1.57. The van der Waals surface area contributed by atoms with Crippen molar-refractivity contribution in [3.05, 3.63) is 53.9 Å². The fourth-order valence-corrected chi connectivity index (χ4v) is 3.83. The number of carbonyl (C=O) groups excluding carboxylic acids is 1. The van der Waals surface area contributed by atoms with Crippen molar-refractivity contribution in [3.8, 4) is 10.7 Å². The molecule has 1 saturated heterocycles. The molecule has 4 heterocycles. The topological polar surface area (TPSA) is 81.1 Å². The number of piperidine rings is 1. The van der Waals surface area contributed by atoms with Gasteiger partial charge in [0.1, 0.15) is 11.6 Å². The highest BCUT2D eigenvalue weighted by molar-refractivity contribution is 7.13. The van der Waals surface area contributed by atoms with Gasteiger partial charge in [-0.05, 0) is 31.0 Å². The standard InChI is InChI=1S/C19H19N5O2S/c25-18(14-5-3-10-24(11-14)19-21-8-4-9-22-19)26-12-15-13-27-17(23-15)16-6-1-2-7-20-16/h1-2,4,6-9,13-14H,3,5,10-12H2/t14-/m1/s1. The van der Waals surface area contributed by atoms with Gasteiger partial charge in [0.05, 0.1) is 17.3 Å². The summed E-state index contributed by atoms with van der Waals surface area (Å²) in [6.07, 6.45) is 6.90. The lowest BCUT2D eigenvalue weighted by molar-refractivity contribution is -0.150. The first-order chi connectivity index (χ1) is 13.3. The first-order valence-electron chi connectivity index (χ1n) is 8.84. The second-order valence-electron chi connectivity index (χ2n) is 6.30. The third kappa shape index (κ3) is 4.28. The molecule has 1 atom stereocenters. The highest BCUT2D eigenvalue weighted by Crippen LogP contribution is 2.23. The summed E-state index contributed by atoms with van der Waals surface area (Å²) in [5.74, 6) is 0.300. The molecule has 8 heteroatoms. The average Bonchev–Trinajstić information content (AvgIpc) is 3.22. The maximum atomic E-state index is 12.5. The summed E-state index contributed by atoms with van der Waals surface area (Å²) in [4.78, 5) is 31.9. The van der Waals surface area contributed by atoms with Crippen LogP contribution in [0.3, 0.4) is 0 Å². The fraction of sp³-hybridized carbons (Fsp3) is 0.316. The van der Waals surface area contributed by atoms with Crippen LogP contribution in [0.1, 0.15) is 18.5 Å². The maximum absolute atomic E-state index is 12.5. The maximum Gasteiger partial charge on any atom is 0.311 e. The minimum atomic E-state index is -0.192. The van der Waals surface area contributed by atoms with Crippen molar-refractivity contribution in [1.29, 1.82) is 0 Å². The normalized spacial score (nSPS) is 16.9. The van der Waals surface area contributed by atoms with Crippen LogP contribution in [0.2, 0.25) is 0 Å². The molecular formula is C19H19N5O2S. The predicted octanol–water partition coefficient (Wildman–Crippen LogP) is 2.95. The van der Waals surface area contributed by atoms with Gasteiger partial charge in [-0.15, -0.1) is 11.3 Å². The largest absolute Gasteiger partial charge is 0.459 e. The molecule has 1 aliphatic rings. The van der Waals surface area contributed by atoms with Crippen LogP contribution in [0, 0.1) is 5.92 Å². The molecule has 4 rings (SSSR count). The van der Waals surface area contributed by atoms with E-state index in [1.807, 2.05) is 28.5 Å². The Labute approximate surface area is 161 Å². The number of pyridine rings is 1. The second kappa shape index (κ2) is 8.22. The minimum Gasteiger partial charge on any atom is -0.459 e. The number of esters is 1. The number of rotatable bonds is 5. The van der Waals surface area contributed by atoms with Crippen molar-refractivity contribution in [2.24, 2.45) is 5.92 Å². The second-order valence-corrected chi connectivity index (χ2v) is 7.16. The van der Waals surface area contributed by atoms with Gasteiger partial charge in [-0.1, -0.05) is 6.07 Å². The minimum absolute atomic E-state index is 0.170. The van der Waals surface area contributed by atoms with Gasteiger partial charge in [-0.2, -0.15) is 0 Å². The van der Waals surface area contributed by atoms with Crippen LogP contribution in [0.5, 0.6) is 0 Å². The van der Waals surface area contributed by atoms with Gasteiger partial charge in [-0.3, -0.25) is 9.78 Å². The lowest BCUT2D eigenvalue weighted by atomic mass is 9.98. The summed E-state index contributed by atoms with van der Waals surface area (Å²) < 4.78 is 5.52. The SMILES string of the molecule is O=C(OCc1csc(-c2ccccn2)n1)[C@@H]1CCCN(c2ncccn2)C1. The molecule has 0 N–H and O–H groups in total. The van der Waals surface area contributed by atoms with E-state index >= 15 is 0 Å². The van der Waals surface area contributed by atoms with Gasteiger partial charge in [-0.25, -0.2) is 15.0 Å². The molecule has 138 valence electrons. The Bertz CT molecular complexity index is 887. The summed E-state index contributed by atoms with van der Waals surface area (Å²) in [7, 11) is 0. The molecule has 3 aromatic heterocycles. The van der Waals surface area contributed by atoms with Crippen molar-refractivity contribution >= 4 is 23.3 Å². The predicted molar refractivity (Wildman–Crippen MR) is 102 cm³/mol. The van der Waals surface area contributed by atoms with Crippen molar-refractivity contribution in [3.63, 3.8) is 0 Å². The van der Waals surface area contributed by atoms with Gasteiger partial charge >= 0.3 is 5.97 Å². The van der Waals surface area contributed by atoms with Crippen LogP contribution >= 0.6 is 11.3 Å². The number of aromatic nitrogens is 4. The van der Waals surface area contributed by atoms with E-state index in [-0.39, 0.29) is 18.5 Å². The molecule has 1 aliphatic heterocycles. The number of anilines is 1. The van der Waals surface area contributed by atoms with Gasteiger partial charge in [0, 0.05) is 37.1 Å². The molecule has 7 nitrogen and oxygen atoms in total. The van der Waals surface area contributed by atoms with Crippen LogP contribution in [-0.4, -0.2) is 39.0 Å². The van der Waals surface area contributed by atoms with Crippen LogP contribution in [0.25, 0.3) is 10.7 Å². The number of hydrogen-bond acceptors (Lipinski definition) is 8. The highest BCUT2D eigenvalue weighted by Gasteiger charge is 2.28. The first-order valence-corrected chi connectivity index (χ1v) is 9.72. The smallest absolute Gasteiger partial charge is 0.311 e. The Morgan fingerprint density at radius 1 is 1.19 bits per heavy atom.